The van der Waals surface area contributed by atoms with Crippen LogP contribution in [-0.2, 0) is 0 Å². The summed E-state index contributed by atoms with van der Waals surface area (Å²) in [7, 11) is 0. The summed E-state index contributed by atoms with van der Waals surface area (Å²) in [5.74, 6) is 0. The smallest absolute Gasteiger partial charge is 0.0482 e. The van der Waals surface area contributed by atoms with E-state index in [2.05, 4.69) is 31.2 Å². The van der Waals surface area contributed by atoms with Crippen molar-refractivity contribution in [2.75, 3.05) is 0 Å². The molecule has 68 valence electrons. The number of rotatable bonds is 1. The maximum Gasteiger partial charge on any atom is 0.0482 e. The van der Waals surface area contributed by atoms with E-state index < -0.39 is 0 Å². The number of aryl methyl sites for hydroxylation is 1. The fourth-order valence-electron chi connectivity index (χ4n) is 0.756. The van der Waals surface area contributed by atoms with Crippen LogP contribution in [0.2, 0.25) is 0 Å². The van der Waals surface area contributed by atoms with Gasteiger partial charge in [-0.05, 0) is 32.3 Å². The molecule has 2 heteroatoms. The molecule has 0 fully saturated rings. The second kappa shape index (κ2) is 5.95. The van der Waals surface area contributed by atoms with Crippen LogP contribution in [0.4, 0.5) is 0 Å². The lowest BCUT2D eigenvalue weighted by atomic mass is 10.2. The summed E-state index contributed by atoms with van der Waals surface area (Å²) in [6.45, 7) is 10.3. The Kier molecular flexibility index (Phi) is 5.64. The summed E-state index contributed by atoms with van der Waals surface area (Å²) in [6.07, 6.45) is 4.06. The Morgan fingerprint density at radius 1 is 1.42 bits per heavy atom. The summed E-state index contributed by atoms with van der Waals surface area (Å²) in [6, 6.07) is 0. The largest absolute Gasteiger partial charge is 0.200 e. The van der Waals surface area contributed by atoms with Gasteiger partial charge in [0, 0.05) is 16.6 Å². The van der Waals surface area contributed by atoms with Gasteiger partial charge in [-0.25, -0.2) is 4.37 Å². The van der Waals surface area contributed by atoms with Crippen molar-refractivity contribution in [3.8, 4) is 0 Å². The minimum absolute atomic E-state index is 1.25. The van der Waals surface area contributed by atoms with Crippen molar-refractivity contribution in [3.63, 3.8) is 0 Å². The highest BCUT2D eigenvalue weighted by Crippen LogP contribution is 2.14. The molecule has 0 aliphatic carbocycles. The second-order valence-electron chi connectivity index (χ2n) is 2.56. The zero-order valence-corrected chi connectivity index (χ0v) is 9.33. The summed E-state index contributed by atoms with van der Waals surface area (Å²) < 4.78 is 4.07. The topological polar surface area (TPSA) is 12.9 Å². The minimum Gasteiger partial charge on any atom is -0.200 e. The van der Waals surface area contributed by atoms with Gasteiger partial charge in [0.2, 0.25) is 0 Å². The van der Waals surface area contributed by atoms with E-state index >= 15 is 0 Å². The fraction of sp³-hybridized carbons (Fsp3) is 0.500. The van der Waals surface area contributed by atoms with E-state index in [1.165, 1.54) is 16.0 Å². The maximum atomic E-state index is 4.07. The first-order valence-corrected chi connectivity index (χ1v) is 5.03. The first-order valence-electron chi connectivity index (χ1n) is 4.26. The van der Waals surface area contributed by atoms with Gasteiger partial charge in [0.1, 0.15) is 0 Å². The van der Waals surface area contributed by atoms with Crippen LogP contribution in [-0.4, -0.2) is 4.37 Å². The molecule has 1 aromatic heterocycles. The molecule has 1 heterocycles. The molecule has 1 aromatic rings. The lowest BCUT2D eigenvalue weighted by Gasteiger charge is -1.88. The minimum atomic E-state index is 1.25. The molecular formula is C10H17NS. The molecule has 0 spiro atoms. The number of hydrogen-bond donors (Lipinski definition) is 0. The number of nitrogens with zero attached hydrogens (tertiary/aromatic N) is 1. The van der Waals surface area contributed by atoms with Crippen LogP contribution in [0, 0.1) is 6.92 Å². The second-order valence-corrected chi connectivity index (χ2v) is 3.56. The molecular weight excluding hydrogens is 166 g/mol. The number of allylic oxidation sites excluding steroid dienone is 1. The normalized spacial score (nSPS) is 8.42. The van der Waals surface area contributed by atoms with Gasteiger partial charge in [-0.15, -0.1) is 0 Å². The van der Waals surface area contributed by atoms with Crippen molar-refractivity contribution in [1.29, 1.82) is 0 Å². The Bertz CT molecular complexity index is 244. The average Bonchev–Trinajstić information content (AvgIpc) is 2.40. The Morgan fingerprint density at radius 2 is 2.00 bits per heavy atom. The van der Waals surface area contributed by atoms with Gasteiger partial charge in [0.25, 0.3) is 0 Å². The molecule has 0 bridgehead atoms. The summed E-state index contributed by atoms with van der Waals surface area (Å²) in [5.41, 5.74) is 2.58. The van der Waals surface area contributed by atoms with Gasteiger partial charge in [-0.1, -0.05) is 25.5 Å². The molecule has 0 amide bonds. The van der Waals surface area contributed by atoms with Crippen LogP contribution in [0.25, 0.3) is 6.08 Å². The van der Waals surface area contributed by atoms with E-state index in [1.54, 1.807) is 11.5 Å². The molecule has 0 aliphatic heterocycles. The quantitative estimate of drug-likeness (QED) is 0.643. The van der Waals surface area contributed by atoms with Crippen molar-refractivity contribution in [3.05, 3.63) is 22.2 Å². The first kappa shape index (κ1) is 11.4. The Hall–Kier alpha value is -0.630. The van der Waals surface area contributed by atoms with E-state index in [1.807, 2.05) is 20.0 Å². The van der Waals surface area contributed by atoms with Crippen LogP contribution in [0.3, 0.4) is 0 Å². The zero-order valence-electron chi connectivity index (χ0n) is 8.51. The molecule has 0 saturated carbocycles. The Balaban J connectivity index is 0.000000561. The van der Waals surface area contributed by atoms with Crippen molar-refractivity contribution < 1.29 is 0 Å². The average molecular weight is 183 g/mol. The van der Waals surface area contributed by atoms with Gasteiger partial charge in [0.05, 0.1) is 0 Å². The third kappa shape index (κ3) is 3.67. The molecule has 12 heavy (non-hydrogen) atoms. The Labute approximate surface area is 79.3 Å². The van der Waals surface area contributed by atoms with Gasteiger partial charge in [0.15, 0.2) is 0 Å². The van der Waals surface area contributed by atoms with E-state index in [0.717, 1.165) is 0 Å². The zero-order chi connectivity index (χ0) is 9.56. The van der Waals surface area contributed by atoms with Crippen LogP contribution < -0.4 is 0 Å². The SMILES string of the molecule is CC.CC(C)=Cc1cnsc1C. The van der Waals surface area contributed by atoms with Crippen molar-refractivity contribution in [2.24, 2.45) is 0 Å². The summed E-state index contributed by atoms with van der Waals surface area (Å²) in [4.78, 5) is 1.29. The van der Waals surface area contributed by atoms with Crippen LogP contribution in [0.15, 0.2) is 11.8 Å². The molecule has 0 saturated heterocycles. The molecule has 0 aromatic carbocycles. The van der Waals surface area contributed by atoms with E-state index in [-0.39, 0.29) is 0 Å². The first-order chi connectivity index (χ1) is 5.70. The molecule has 0 aliphatic rings. The maximum absolute atomic E-state index is 4.07. The lowest BCUT2D eigenvalue weighted by Crippen LogP contribution is -1.69. The van der Waals surface area contributed by atoms with Crippen LogP contribution in [0.1, 0.15) is 38.1 Å². The van der Waals surface area contributed by atoms with Crippen LogP contribution in [0.5, 0.6) is 0 Å². The van der Waals surface area contributed by atoms with Crippen molar-refractivity contribution in [2.45, 2.75) is 34.6 Å². The fourth-order valence-corrected chi connectivity index (χ4v) is 1.30. The molecule has 0 unspecified atom stereocenters. The lowest BCUT2D eigenvalue weighted by molar-refractivity contribution is 1.41. The van der Waals surface area contributed by atoms with E-state index in [4.69, 9.17) is 0 Å². The molecule has 1 nitrogen and oxygen atoms in total. The van der Waals surface area contributed by atoms with Crippen LogP contribution >= 0.6 is 11.5 Å². The predicted molar refractivity (Wildman–Crippen MR) is 57.5 cm³/mol. The van der Waals surface area contributed by atoms with Gasteiger partial charge >= 0.3 is 0 Å². The summed E-state index contributed by atoms with van der Waals surface area (Å²) >= 11 is 1.55. The molecule has 1 rings (SSSR count). The Morgan fingerprint density at radius 3 is 2.33 bits per heavy atom. The molecule has 0 N–H and O–H groups in total. The molecule has 0 radical (unpaired) electrons. The van der Waals surface area contributed by atoms with Gasteiger partial charge in [-0.2, -0.15) is 0 Å². The van der Waals surface area contributed by atoms with E-state index in [9.17, 15) is 0 Å². The predicted octanol–water partition coefficient (Wildman–Crippen LogP) is 3.90. The monoisotopic (exact) mass is 183 g/mol. The third-order valence-electron chi connectivity index (χ3n) is 1.23. The highest BCUT2D eigenvalue weighted by Gasteiger charge is 1.94. The number of hydrogen-bond acceptors (Lipinski definition) is 2. The van der Waals surface area contributed by atoms with Gasteiger partial charge in [-0.3, -0.25) is 0 Å². The van der Waals surface area contributed by atoms with E-state index in [0.29, 0.717) is 0 Å². The van der Waals surface area contributed by atoms with Crippen molar-refractivity contribution >= 4 is 17.6 Å². The highest BCUT2D eigenvalue weighted by molar-refractivity contribution is 7.05. The number of aromatic nitrogens is 1. The van der Waals surface area contributed by atoms with Gasteiger partial charge < -0.3 is 0 Å². The third-order valence-corrected chi connectivity index (χ3v) is 1.95. The molecule has 0 atom stereocenters. The standard InChI is InChI=1S/C8H11NS.C2H6/c1-6(2)4-8-5-9-10-7(8)3;1-2/h4-5H,1-3H3;1-2H3. The van der Waals surface area contributed by atoms with Crippen molar-refractivity contribution in [1.82, 2.24) is 4.37 Å². The summed E-state index contributed by atoms with van der Waals surface area (Å²) in [5, 5.41) is 0. The highest BCUT2D eigenvalue weighted by atomic mass is 32.1.